The van der Waals surface area contributed by atoms with E-state index in [9.17, 15) is 4.39 Å². The first-order valence-electron chi connectivity index (χ1n) is 6.17. The van der Waals surface area contributed by atoms with Gasteiger partial charge in [-0.25, -0.2) is 9.37 Å². The van der Waals surface area contributed by atoms with E-state index in [0.29, 0.717) is 0 Å². The summed E-state index contributed by atoms with van der Waals surface area (Å²) in [6.07, 6.45) is 5.61. The molecule has 1 heterocycles. The van der Waals surface area contributed by atoms with Gasteiger partial charge in [-0.2, -0.15) is 0 Å². The molecule has 0 amide bonds. The molecule has 2 aromatic rings. The Labute approximate surface area is 107 Å². The van der Waals surface area contributed by atoms with Gasteiger partial charge in [-0.3, -0.25) is 0 Å². The number of benzene rings is 1. The van der Waals surface area contributed by atoms with Gasteiger partial charge in [0.15, 0.2) is 0 Å². The van der Waals surface area contributed by atoms with Crippen LogP contribution in [-0.4, -0.2) is 22.6 Å². The standard InChI is InChI=1S/C14H18FN3/c1-18-11-10-17-14(18)7-9-16-8-6-12-2-4-13(15)5-3-12/h2-5,10-11,16H,6-9H2,1H3. The van der Waals surface area contributed by atoms with Gasteiger partial charge in [-0.1, -0.05) is 12.1 Å². The van der Waals surface area contributed by atoms with Crippen LogP contribution < -0.4 is 5.32 Å². The van der Waals surface area contributed by atoms with Gasteiger partial charge in [-0.05, 0) is 30.7 Å². The molecule has 1 aromatic heterocycles. The van der Waals surface area contributed by atoms with Crippen LogP contribution in [0.4, 0.5) is 4.39 Å². The van der Waals surface area contributed by atoms with Crippen molar-refractivity contribution in [1.82, 2.24) is 14.9 Å². The Morgan fingerprint density at radius 1 is 1.17 bits per heavy atom. The summed E-state index contributed by atoms with van der Waals surface area (Å²) in [5.41, 5.74) is 1.15. The second-order valence-corrected chi connectivity index (χ2v) is 4.33. The number of aromatic nitrogens is 2. The lowest BCUT2D eigenvalue weighted by Crippen LogP contribution is -2.21. The SMILES string of the molecule is Cn1ccnc1CCNCCc1ccc(F)cc1. The van der Waals surface area contributed by atoms with E-state index in [2.05, 4.69) is 10.3 Å². The lowest BCUT2D eigenvalue weighted by atomic mass is 10.1. The van der Waals surface area contributed by atoms with E-state index in [1.165, 1.54) is 12.1 Å². The minimum Gasteiger partial charge on any atom is -0.338 e. The molecular weight excluding hydrogens is 229 g/mol. The number of hydrogen-bond donors (Lipinski definition) is 1. The summed E-state index contributed by atoms with van der Waals surface area (Å²) < 4.78 is 14.7. The molecule has 0 aliphatic carbocycles. The molecule has 1 aromatic carbocycles. The highest BCUT2D eigenvalue weighted by atomic mass is 19.1. The molecule has 0 radical (unpaired) electrons. The minimum absolute atomic E-state index is 0.179. The van der Waals surface area contributed by atoms with Crippen LogP contribution >= 0.6 is 0 Å². The number of nitrogens with zero attached hydrogens (tertiary/aromatic N) is 2. The zero-order valence-corrected chi connectivity index (χ0v) is 10.6. The molecule has 2 rings (SSSR count). The van der Waals surface area contributed by atoms with Crippen LogP contribution in [-0.2, 0) is 19.9 Å². The molecule has 18 heavy (non-hydrogen) atoms. The van der Waals surface area contributed by atoms with E-state index in [1.54, 1.807) is 0 Å². The van der Waals surface area contributed by atoms with Gasteiger partial charge < -0.3 is 9.88 Å². The van der Waals surface area contributed by atoms with Crippen molar-refractivity contribution in [2.24, 2.45) is 7.05 Å². The van der Waals surface area contributed by atoms with Gasteiger partial charge in [0.1, 0.15) is 11.6 Å². The summed E-state index contributed by atoms with van der Waals surface area (Å²) in [6.45, 7) is 1.81. The topological polar surface area (TPSA) is 29.9 Å². The highest BCUT2D eigenvalue weighted by Crippen LogP contribution is 2.02. The number of hydrogen-bond acceptors (Lipinski definition) is 2. The van der Waals surface area contributed by atoms with Crippen LogP contribution in [0.3, 0.4) is 0 Å². The monoisotopic (exact) mass is 247 g/mol. The normalized spacial score (nSPS) is 10.8. The quantitative estimate of drug-likeness (QED) is 0.791. The molecule has 0 atom stereocenters. The van der Waals surface area contributed by atoms with Gasteiger partial charge in [0.05, 0.1) is 0 Å². The number of aryl methyl sites for hydroxylation is 1. The second kappa shape index (κ2) is 6.31. The molecule has 0 unspecified atom stereocenters. The summed E-state index contributed by atoms with van der Waals surface area (Å²) in [6, 6.07) is 6.66. The molecule has 0 aliphatic rings. The lowest BCUT2D eigenvalue weighted by Gasteiger charge is -2.05. The number of nitrogens with one attached hydrogen (secondary N) is 1. The smallest absolute Gasteiger partial charge is 0.123 e. The van der Waals surface area contributed by atoms with Crippen LogP contribution in [0.15, 0.2) is 36.7 Å². The molecule has 0 saturated carbocycles. The van der Waals surface area contributed by atoms with Crippen LogP contribution in [0.25, 0.3) is 0 Å². The number of imidazole rings is 1. The molecule has 0 bridgehead atoms. The Balaban J connectivity index is 1.64. The summed E-state index contributed by atoms with van der Waals surface area (Å²) in [7, 11) is 2.00. The average molecular weight is 247 g/mol. The predicted molar refractivity (Wildman–Crippen MR) is 69.9 cm³/mol. The van der Waals surface area contributed by atoms with Crippen molar-refractivity contribution < 1.29 is 4.39 Å². The van der Waals surface area contributed by atoms with Gasteiger partial charge in [-0.15, -0.1) is 0 Å². The third kappa shape index (κ3) is 3.67. The van der Waals surface area contributed by atoms with Crippen molar-refractivity contribution in [2.45, 2.75) is 12.8 Å². The van der Waals surface area contributed by atoms with E-state index >= 15 is 0 Å². The first-order chi connectivity index (χ1) is 8.75. The predicted octanol–water partition coefficient (Wildman–Crippen LogP) is 1.93. The first kappa shape index (κ1) is 12.8. The Hall–Kier alpha value is -1.68. The van der Waals surface area contributed by atoms with E-state index in [1.807, 2.05) is 36.1 Å². The highest BCUT2D eigenvalue weighted by Gasteiger charge is 1.98. The summed E-state index contributed by atoms with van der Waals surface area (Å²) in [5.74, 6) is 0.908. The van der Waals surface area contributed by atoms with E-state index in [-0.39, 0.29) is 5.82 Å². The summed E-state index contributed by atoms with van der Waals surface area (Å²) in [4.78, 5) is 4.26. The lowest BCUT2D eigenvalue weighted by molar-refractivity contribution is 0.625. The number of rotatable bonds is 6. The fourth-order valence-electron chi connectivity index (χ4n) is 1.85. The van der Waals surface area contributed by atoms with Crippen molar-refractivity contribution in [1.29, 1.82) is 0 Å². The Bertz CT molecular complexity index is 476. The maximum absolute atomic E-state index is 12.7. The van der Waals surface area contributed by atoms with Gasteiger partial charge in [0, 0.05) is 32.4 Å². The van der Waals surface area contributed by atoms with E-state index in [4.69, 9.17) is 0 Å². The third-order valence-corrected chi connectivity index (χ3v) is 2.95. The first-order valence-corrected chi connectivity index (χ1v) is 6.17. The maximum atomic E-state index is 12.7. The van der Waals surface area contributed by atoms with Crippen molar-refractivity contribution in [2.75, 3.05) is 13.1 Å². The van der Waals surface area contributed by atoms with Gasteiger partial charge >= 0.3 is 0 Å². The fourth-order valence-corrected chi connectivity index (χ4v) is 1.85. The zero-order chi connectivity index (χ0) is 12.8. The van der Waals surface area contributed by atoms with Crippen LogP contribution in [0.1, 0.15) is 11.4 Å². The molecule has 4 heteroatoms. The Kier molecular flexibility index (Phi) is 4.47. The molecule has 96 valence electrons. The molecule has 0 aliphatic heterocycles. The second-order valence-electron chi connectivity index (χ2n) is 4.33. The van der Waals surface area contributed by atoms with Gasteiger partial charge in [0.25, 0.3) is 0 Å². The van der Waals surface area contributed by atoms with E-state index in [0.717, 1.165) is 37.3 Å². The largest absolute Gasteiger partial charge is 0.338 e. The Morgan fingerprint density at radius 3 is 2.56 bits per heavy atom. The minimum atomic E-state index is -0.179. The van der Waals surface area contributed by atoms with Crippen LogP contribution in [0.2, 0.25) is 0 Å². The van der Waals surface area contributed by atoms with E-state index < -0.39 is 0 Å². The van der Waals surface area contributed by atoms with Crippen molar-refractivity contribution in [3.8, 4) is 0 Å². The van der Waals surface area contributed by atoms with Crippen molar-refractivity contribution in [3.05, 3.63) is 53.9 Å². The zero-order valence-electron chi connectivity index (χ0n) is 10.6. The molecular formula is C14H18FN3. The number of halogens is 1. The third-order valence-electron chi connectivity index (χ3n) is 2.95. The summed E-state index contributed by atoms with van der Waals surface area (Å²) >= 11 is 0. The fraction of sp³-hybridized carbons (Fsp3) is 0.357. The molecule has 0 spiro atoms. The maximum Gasteiger partial charge on any atom is 0.123 e. The van der Waals surface area contributed by atoms with Gasteiger partial charge in [0.2, 0.25) is 0 Å². The molecule has 0 fully saturated rings. The van der Waals surface area contributed by atoms with Crippen LogP contribution in [0.5, 0.6) is 0 Å². The molecule has 0 saturated heterocycles. The molecule has 1 N–H and O–H groups in total. The molecule has 3 nitrogen and oxygen atoms in total. The highest BCUT2D eigenvalue weighted by molar-refractivity contribution is 5.16. The Morgan fingerprint density at radius 2 is 1.89 bits per heavy atom. The van der Waals surface area contributed by atoms with Crippen LogP contribution in [0, 0.1) is 5.82 Å². The average Bonchev–Trinajstić information content (AvgIpc) is 2.77. The van der Waals surface area contributed by atoms with Crippen molar-refractivity contribution in [3.63, 3.8) is 0 Å². The van der Waals surface area contributed by atoms with Crippen molar-refractivity contribution >= 4 is 0 Å². The summed E-state index contributed by atoms with van der Waals surface area (Å²) in [5, 5.41) is 3.37.